The predicted octanol–water partition coefficient (Wildman–Crippen LogP) is 6.85. The van der Waals surface area contributed by atoms with Gasteiger partial charge in [0.1, 0.15) is 5.60 Å². The molecule has 0 aliphatic heterocycles. The molecule has 0 saturated carbocycles. The first-order chi connectivity index (χ1) is 17.0. The number of esters is 1. The van der Waals surface area contributed by atoms with Crippen LogP contribution in [0.15, 0.2) is 54.6 Å². The van der Waals surface area contributed by atoms with E-state index in [1.54, 1.807) is 14.0 Å². The number of ether oxygens (including phenoxy) is 2. The molecule has 0 aliphatic rings. The van der Waals surface area contributed by atoms with Crippen LogP contribution in [0.1, 0.15) is 49.3 Å². The maximum atomic E-state index is 13.1. The Bertz CT molecular complexity index is 1450. The number of benzene rings is 3. The van der Waals surface area contributed by atoms with E-state index in [0.29, 0.717) is 11.3 Å². The summed E-state index contributed by atoms with van der Waals surface area (Å²) in [4.78, 5) is 27.2. The van der Waals surface area contributed by atoms with Gasteiger partial charge in [0.25, 0.3) is 0 Å². The molecule has 0 fully saturated rings. The number of carbonyl (C=O) groups excluding carboxylic acids is 2. The molecule has 1 aromatic heterocycles. The summed E-state index contributed by atoms with van der Waals surface area (Å²) in [6.45, 7) is 9.87. The van der Waals surface area contributed by atoms with Crippen LogP contribution in [0.25, 0.3) is 32.8 Å². The van der Waals surface area contributed by atoms with Crippen LogP contribution in [-0.4, -0.2) is 40.8 Å². The summed E-state index contributed by atoms with van der Waals surface area (Å²) in [6, 6.07) is 18.8. The van der Waals surface area contributed by atoms with Crippen LogP contribution >= 0.6 is 0 Å². The minimum absolute atomic E-state index is 0.205. The van der Waals surface area contributed by atoms with E-state index >= 15 is 0 Å². The fourth-order valence-electron chi connectivity index (χ4n) is 4.67. The molecule has 4 rings (SSSR count). The molecule has 0 spiro atoms. The average Bonchev–Trinajstić information content (AvgIpc) is 3.09. The Morgan fingerprint density at radius 2 is 1.72 bits per heavy atom. The Kier molecular flexibility index (Phi) is 6.81. The molecule has 4 aromatic rings. The van der Waals surface area contributed by atoms with Crippen LogP contribution in [-0.2, 0) is 23.1 Å². The highest BCUT2D eigenvalue weighted by Gasteiger charge is 2.26. The molecular weight excluding hydrogens is 452 g/mol. The standard InChI is InChI=1S/C30H34N2O4/c1-8-35-28(33)27-23-16-15-21(22-14-10-13-20-12-9-11-19(2)26(20)22)17-24(23)32(7)25(27)18-31(6)29(34)36-30(3,4)5/h9-17H,8,18H2,1-7H3. The number of rotatable bonds is 5. The van der Waals surface area contributed by atoms with E-state index in [9.17, 15) is 9.59 Å². The molecule has 36 heavy (non-hydrogen) atoms. The fraction of sp³-hybridized carbons (Fsp3) is 0.333. The quantitative estimate of drug-likeness (QED) is 0.289. The molecule has 0 N–H and O–H groups in total. The molecular formula is C30H34N2O4. The highest BCUT2D eigenvalue weighted by molar-refractivity contribution is 6.08. The van der Waals surface area contributed by atoms with Crippen molar-refractivity contribution in [2.24, 2.45) is 7.05 Å². The Hall–Kier alpha value is -3.80. The molecule has 0 bridgehead atoms. The minimum atomic E-state index is -0.611. The first kappa shape index (κ1) is 25.3. The van der Waals surface area contributed by atoms with Crippen molar-refractivity contribution in [1.29, 1.82) is 0 Å². The largest absolute Gasteiger partial charge is 0.462 e. The Labute approximate surface area is 212 Å². The van der Waals surface area contributed by atoms with E-state index in [1.165, 1.54) is 21.2 Å². The van der Waals surface area contributed by atoms with Gasteiger partial charge in [0, 0.05) is 25.0 Å². The van der Waals surface area contributed by atoms with Gasteiger partial charge in [0.15, 0.2) is 0 Å². The lowest BCUT2D eigenvalue weighted by molar-refractivity contribution is 0.0278. The maximum absolute atomic E-state index is 13.1. The third-order valence-corrected chi connectivity index (χ3v) is 6.32. The minimum Gasteiger partial charge on any atom is -0.462 e. The molecule has 188 valence electrons. The average molecular weight is 487 g/mol. The molecule has 0 radical (unpaired) electrons. The summed E-state index contributed by atoms with van der Waals surface area (Å²) < 4.78 is 12.9. The van der Waals surface area contributed by atoms with Crippen molar-refractivity contribution >= 4 is 33.7 Å². The maximum Gasteiger partial charge on any atom is 0.410 e. The lowest BCUT2D eigenvalue weighted by Crippen LogP contribution is -2.34. The summed E-state index contributed by atoms with van der Waals surface area (Å²) in [7, 11) is 3.59. The van der Waals surface area contributed by atoms with E-state index in [1.807, 2.05) is 44.5 Å². The number of fused-ring (bicyclic) bond motifs is 2. The molecule has 1 heterocycles. The number of aryl methyl sites for hydroxylation is 2. The molecule has 6 heteroatoms. The lowest BCUT2D eigenvalue weighted by Gasteiger charge is -2.25. The third kappa shape index (κ3) is 4.81. The molecule has 0 aliphatic carbocycles. The fourth-order valence-corrected chi connectivity index (χ4v) is 4.67. The molecule has 1 amide bonds. The van der Waals surface area contributed by atoms with E-state index in [0.717, 1.165) is 22.0 Å². The van der Waals surface area contributed by atoms with Gasteiger partial charge in [-0.3, -0.25) is 0 Å². The van der Waals surface area contributed by atoms with E-state index in [-0.39, 0.29) is 13.2 Å². The first-order valence-electron chi connectivity index (χ1n) is 12.2. The monoisotopic (exact) mass is 486 g/mol. The zero-order valence-electron chi connectivity index (χ0n) is 22.1. The zero-order chi connectivity index (χ0) is 26.2. The summed E-state index contributed by atoms with van der Waals surface area (Å²) in [5.41, 5.74) is 4.87. The molecule has 6 nitrogen and oxygen atoms in total. The van der Waals surface area contributed by atoms with Crippen molar-refractivity contribution in [1.82, 2.24) is 9.47 Å². The number of carbonyl (C=O) groups is 2. The molecule has 0 saturated heterocycles. The SMILES string of the molecule is CCOC(=O)c1c(CN(C)C(=O)OC(C)(C)C)n(C)c2cc(-c3cccc4cccc(C)c34)ccc12. The van der Waals surface area contributed by atoms with Crippen LogP contribution in [0.5, 0.6) is 0 Å². The van der Waals surface area contributed by atoms with Crippen molar-refractivity contribution in [2.45, 2.75) is 46.8 Å². The van der Waals surface area contributed by atoms with Crippen LogP contribution < -0.4 is 0 Å². The topological polar surface area (TPSA) is 60.8 Å². The van der Waals surface area contributed by atoms with Gasteiger partial charge in [-0.15, -0.1) is 0 Å². The molecule has 0 unspecified atom stereocenters. The number of hydrogen-bond acceptors (Lipinski definition) is 4. The number of aromatic nitrogens is 1. The Morgan fingerprint density at radius 1 is 1.03 bits per heavy atom. The normalized spacial score (nSPS) is 11.6. The van der Waals surface area contributed by atoms with Crippen LogP contribution in [0.4, 0.5) is 4.79 Å². The van der Waals surface area contributed by atoms with E-state index in [4.69, 9.17) is 9.47 Å². The van der Waals surface area contributed by atoms with Gasteiger partial charge < -0.3 is 18.9 Å². The van der Waals surface area contributed by atoms with Gasteiger partial charge in [0.2, 0.25) is 0 Å². The Morgan fingerprint density at radius 3 is 2.39 bits per heavy atom. The highest BCUT2D eigenvalue weighted by atomic mass is 16.6. The second-order valence-corrected chi connectivity index (χ2v) is 10.1. The molecule has 3 aromatic carbocycles. The van der Waals surface area contributed by atoms with Crippen molar-refractivity contribution in [2.75, 3.05) is 13.7 Å². The van der Waals surface area contributed by atoms with Gasteiger partial charge in [-0.1, -0.05) is 48.5 Å². The zero-order valence-corrected chi connectivity index (χ0v) is 22.1. The van der Waals surface area contributed by atoms with Crippen LogP contribution in [0, 0.1) is 6.92 Å². The summed E-state index contributed by atoms with van der Waals surface area (Å²) in [5.74, 6) is -0.399. The van der Waals surface area contributed by atoms with Crippen molar-refractivity contribution in [3.05, 3.63) is 71.4 Å². The van der Waals surface area contributed by atoms with Gasteiger partial charge in [-0.05, 0) is 68.1 Å². The first-order valence-corrected chi connectivity index (χ1v) is 12.2. The predicted molar refractivity (Wildman–Crippen MR) is 144 cm³/mol. The summed E-state index contributed by atoms with van der Waals surface area (Å²) in [6.07, 6.45) is -0.450. The summed E-state index contributed by atoms with van der Waals surface area (Å²) >= 11 is 0. The van der Waals surface area contributed by atoms with Crippen LogP contribution in [0.3, 0.4) is 0 Å². The lowest BCUT2D eigenvalue weighted by atomic mass is 9.94. The third-order valence-electron chi connectivity index (χ3n) is 6.32. The second-order valence-electron chi connectivity index (χ2n) is 10.1. The van der Waals surface area contributed by atoms with E-state index < -0.39 is 17.7 Å². The highest BCUT2D eigenvalue weighted by Crippen LogP contribution is 2.35. The van der Waals surface area contributed by atoms with E-state index in [2.05, 4.69) is 49.4 Å². The number of hydrogen-bond donors (Lipinski definition) is 0. The summed E-state index contributed by atoms with van der Waals surface area (Å²) in [5, 5.41) is 3.19. The van der Waals surface area contributed by atoms with Crippen LogP contribution in [0.2, 0.25) is 0 Å². The van der Waals surface area contributed by atoms with Gasteiger partial charge in [0.05, 0.1) is 24.4 Å². The Balaban J connectivity index is 1.86. The molecule has 0 atom stereocenters. The smallest absolute Gasteiger partial charge is 0.410 e. The van der Waals surface area contributed by atoms with Gasteiger partial charge in [-0.25, -0.2) is 9.59 Å². The van der Waals surface area contributed by atoms with Gasteiger partial charge >= 0.3 is 12.1 Å². The van der Waals surface area contributed by atoms with Gasteiger partial charge in [-0.2, -0.15) is 0 Å². The van der Waals surface area contributed by atoms with Crippen molar-refractivity contribution < 1.29 is 19.1 Å². The number of amides is 1. The number of nitrogens with zero attached hydrogens (tertiary/aromatic N) is 2. The second kappa shape index (κ2) is 9.69. The van der Waals surface area contributed by atoms with Crippen molar-refractivity contribution in [3.63, 3.8) is 0 Å². The van der Waals surface area contributed by atoms with Crippen molar-refractivity contribution in [3.8, 4) is 11.1 Å².